The highest BCUT2D eigenvalue weighted by Crippen LogP contribution is 2.26. The van der Waals surface area contributed by atoms with Crippen molar-refractivity contribution >= 4 is 34.9 Å². The minimum atomic E-state index is -0.139. The molecule has 150 valence electrons. The van der Waals surface area contributed by atoms with E-state index in [1.54, 1.807) is 23.1 Å². The lowest BCUT2D eigenvalue weighted by Gasteiger charge is -2.22. The Kier molecular flexibility index (Phi) is 7.91. The largest absolute Gasteiger partial charge is 0.353 e. The summed E-state index contributed by atoms with van der Waals surface area (Å²) < 4.78 is 1.06. The predicted octanol–water partition coefficient (Wildman–Crippen LogP) is 4.31. The third-order valence-corrected chi connectivity index (χ3v) is 6.99. The number of carbonyl (C=O) groups excluding carboxylic acids is 2. The van der Waals surface area contributed by atoms with Crippen LogP contribution in [-0.2, 0) is 10.5 Å². The molecule has 1 aromatic carbocycles. The summed E-state index contributed by atoms with van der Waals surface area (Å²) >= 11 is 3.36. The molecule has 1 aliphatic rings. The van der Waals surface area contributed by atoms with Gasteiger partial charge in [0.25, 0.3) is 5.91 Å². The van der Waals surface area contributed by atoms with Crippen LogP contribution >= 0.6 is 23.1 Å². The van der Waals surface area contributed by atoms with E-state index >= 15 is 0 Å². The first-order valence-electron chi connectivity index (χ1n) is 9.81. The van der Waals surface area contributed by atoms with Crippen molar-refractivity contribution in [3.8, 4) is 0 Å². The number of thioether (sulfide) groups is 1. The zero-order valence-corrected chi connectivity index (χ0v) is 17.8. The Labute approximate surface area is 174 Å². The summed E-state index contributed by atoms with van der Waals surface area (Å²) in [6.07, 6.45) is 6.13. The molecule has 3 rings (SSSR count). The van der Waals surface area contributed by atoms with Crippen LogP contribution in [0.4, 0.5) is 0 Å². The first kappa shape index (κ1) is 20.9. The Morgan fingerprint density at radius 3 is 2.61 bits per heavy atom. The van der Waals surface area contributed by atoms with Crippen molar-refractivity contribution in [1.29, 1.82) is 0 Å². The molecule has 2 aromatic rings. The van der Waals surface area contributed by atoms with Crippen LogP contribution in [-0.4, -0.2) is 29.4 Å². The fraction of sp³-hybridized carbons (Fsp3) is 0.476. The van der Waals surface area contributed by atoms with Crippen LogP contribution in [0.5, 0.6) is 0 Å². The van der Waals surface area contributed by atoms with Crippen LogP contribution in [0.1, 0.15) is 60.1 Å². The van der Waals surface area contributed by atoms with E-state index in [9.17, 15) is 9.59 Å². The zero-order valence-electron chi connectivity index (χ0n) is 16.2. The van der Waals surface area contributed by atoms with Crippen LogP contribution in [0.15, 0.2) is 34.0 Å². The summed E-state index contributed by atoms with van der Waals surface area (Å²) in [5.41, 5.74) is 2.82. The highest BCUT2D eigenvalue weighted by molar-refractivity contribution is 8.00. The first-order valence-corrected chi connectivity index (χ1v) is 11.7. The Hall–Kier alpha value is -1.86. The van der Waals surface area contributed by atoms with E-state index in [1.807, 2.05) is 36.6 Å². The molecule has 0 atom stereocenters. The number of nitrogens with zero attached hydrogens (tertiary/aromatic N) is 1. The number of hydrogen-bond donors (Lipinski definition) is 2. The molecule has 1 heterocycles. The lowest BCUT2D eigenvalue weighted by Crippen LogP contribution is -2.38. The van der Waals surface area contributed by atoms with E-state index in [0.717, 1.165) is 34.2 Å². The fourth-order valence-corrected chi connectivity index (χ4v) is 5.04. The molecule has 1 fully saturated rings. The maximum atomic E-state index is 12.3. The van der Waals surface area contributed by atoms with E-state index in [0.29, 0.717) is 24.6 Å². The number of amides is 2. The molecular weight excluding hydrogens is 390 g/mol. The predicted molar refractivity (Wildman–Crippen MR) is 115 cm³/mol. The number of thiazole rings is 1. The van der Waals surface area contributed by atoms with Gasteiger partial charge >= 0.3 is 0 Å². The third kappa shape index (κ3) is 6.63. The zero-order chi connectivity index (χ0) is 19.8. The Morgan fingerprint density at radius 2 is 1.93 bits per heavy atom. The van der Waals surface area contributed by atoms with E-state index in [4.69, 9.17) is 0 Å². The molecule has 1 saturated carbocycles. The van der Waals surface area contributed by atoms with Gasteiger partial charge in [0, 0.05) is 41.4 Å². The average molecular weight is 418 g/mol. The molecule has 0 radical (unpaired) electrons. The van der Waals surface area contributed by atoms with Gasteiger partial charge in [-0.05, 0) is 37.5 Å². The number of rotatable bonds is 8. The maximum absolute atomic E-state index is 12.3. The van der Waals surface area contributed by atoms with E-state index < -0.39 is 0 Å². The molecule has 0 aliphatic heterocycles. The second-order valence-electron chi connectivity index (χ2n) is 7.15. The lowest BCUT2D eigenvalue weighted by atomic mass is 9.95. The third-order valence-electron chi connectivity index (χ3n) is 4.78. The number of carbonyl (C=O) groups is 2. The standard InChI is InChI=1S/C21H27N3O2S2/c1-15-13-27-21(23-15)28-14-16-7-9-17(10-8-16)20(26)22-12-11-19(25)24-18-5-3-2-4-6-18/h7-10,13,18H,2-6,11-12,14H2,1H3,(H,22,26)(H,24,25). The normalized spacial score (nSPS) is 14.6. The highest BCUT2D eigenvalue weighted by atomic mass is 32.2. The monoisotopic (exact) mass is 417 g/mol. The van der Waals surface area contributed by atoms with Gasteiger partial charge in [0.05, 0.1) is 0 Å². The summed E-state index contributed by atoms with van der Waals surface area (Å²) in [7, 11) is 0. The van der Waals surface area contributed by atoms with E-state index in [1.165, 1.54) is 19.3 Å². The van der Waals surface area contributed by atoms with Gasteiger partial charge in [0.2, 0.25) is 5.91 Å². The van der Waals surface area contributed by atoms with Crippen LogP contribution in [0.25, 0.3) is 0 Å². The van der Waals surface area contributed by atoms with Gasteiger partial charge in [-0.3, -0.25) is 9.59 Å². The molecule has 1 aromatic heterocycles. The van der Waals surface area contributed by atoms with Gasteiger partial charge in [-0.1, -0.05) is 43.2 Å². The number of aromatic nitrogens is 1. The van der Waals surface area contributed by atoms with Gasteiger partial charge in [-0.2, -0.15) is 0 Å². The van der Waals surface area contributed by atoms with Crippen molar-refractivity contribution in [2.75, 3.05) is 6.54 Å². The number of hydrogen-bond acceptors (Lipinski definition) is 5. The van der Waals surface area contributed by atoms with E-state index in [-0.39, 0.29) is 11.8 Å². The van der Waals surface area contributed by atoms with Crippen molar-refractivity contribution < 1.29 is 9.59 Å². The molecule has 0 unspecified atom stereocenters. The van der Waals surface area contributed by atoms with Crippen LogP contribution in [0.3, 0.4) is 0 Å². The SMILES string of the molecule is Cc1csc(SCc2ccc(C(=O)NCCC(=O)NC3CCCCC3)cc2)n1. The van der Waals surface area contributed by atoms with Crippen LogP contribution in [0, 0.1) is 6.92 Å². The van der Waals surface area contributed by atoms with E-state index in [2.05, 4.69) is 15.6 Å². The second kappa shape index (κ2) is 10.6. The van der Waals surface area contributed by atoms with Crippen LogP contribution in [0.2, 0.25) is 0 Å². The molecule has 0 saturated heterocycles. The van der Waals surface area contributed by atoms with Crippen LogP contribution < -0.4 is 10.6 Å². The summed E-state index contributed by atoms with van der Waals surface area (Å²) in [4.78, 5) is 28.7. The van der Waals surface area contributed by atoms with Gasteiger partial charge in [-0.25, -0.2) is 4.98 Å². The minimum absolute atomic E-state index is 0.0250. The molecule has 0 spiro atoms. The quantitative estimate of drug-likeness (QED) is 0.628. The topological polar surface area (TPSA) is 71.1 Å². The molecule has 5 nitrogen and oxygen atoms in total. The number of aryl methyl sites for hydroxylation is 1. The summed E-state index contributed by atoms with van der Waals surface area (Å²) in [5, 5.41) is 7.95. The Bertz CT molecular complexity index is 783. The summed E-state index contributed by atoms with van der Waals surface area (Å²) in [6, 6.07) is 7.92. The molecule has 28 heavy (non-hydrogen) atoms. The molecule has 0 bridgehead atoms. The molecule has 2 N–H and O–H groups in total. The van der Waals surface area contributed by atoms with Crippen molar-refractivity contribution in [3.05, 3.63) is 46.5 Å². The Morgan fingerprint density at radius 1 is 1.18 bits per heavy atom. The molecular formula is C21H27N3O2S2. The second-order valence-corrected chi connectivity index (χ2v) is 9.23. The van der Waals surface area contributed by atoms with Crippen molar-refractivity contribution in [2.45, 2.75) is 61.6 Å². The van der Waals surface area contributed by atoms with Crippen molar-refractivity contribution in [3.63, 3.8) is 0 Å². The van der Waals surface area contributed by atoms with Gasteiger partial charge in [0.1, 0.15) is 4.34 Å². The fourth-order valence-electron chi connectivity index (χ4n) is 3.23. The van der Waals surface area contributed by atoms with Crippen molar-refractivity contribution in [1.82, 2.24) is 15.6 Å². The highest BCUT2D eigenvalue weighted by Gasteiger charge is 2.15. The van der Waals surface area contributed by atoms with Gasteiger partial charge in [-0.15, -0.1) is 11.3 Å². The Balaban J connectivity index is 1.37. The molecule has 7 heteroatoms. The average Bonchev–Trinajstić information content (AvgIpc) is 3.12. The van der Waals surface area contributed by atoms with Gasteiger partial charge < -0.3 is 10.6 Å². The lowest BCUT2D eigenvalue weighted by molar-refractivity contribution is -0.121. The van der Waals surface area contributed by atoms with Gasteiger partial charge in [0.15, 0.2) is 0 Å². The summed E-state index contributed by atoms with van der Waals surface area (Å²) in [6.45, 7) is 2.35. The smallest absolute Gasteiger partial charge is 0.251 e. The first-order chi connectivity index (χ1) is 13.6. The molecule has 2 amide bonds. The maximum Gasteiger partial charge on any atom is 0.251 e. The molecule has 1 aliphatic carbocycles. The summed E-state index contributed by atoms with van der Waals surface area (Å²) in [5.74, 6) is 0.716. The van der Waals surface area contributed by atoms with Crippen molar-refractivity contribution in [2.24, 2.45) is 0 Å². The number of nitrogens with one attached hydrogen (secondary N) is 2. The minimum Gasteiger partial charge on any atom is -0.353 e. The number of benzene rings is 1.